The summed E-state index contributed by atoms with van der Waals surface area (Å²) in [6.07, 6.45) is 0.482. The number of alkyl halides is 2. The summed E-state index contributed by atoms with van der Waals surface area (Å²) in [5.74, 6) is -0.773. The van der Waals surface area contributed by atoms with Gasteiger partial charge in [0, 0.05) is 6.92 Å². The summed E-state index contributed by atoms with van der Waals surface area (Å²) < 4.78 is 52.9. The standard InChI is InChI=1S/C25H26F2NO4P/c1-25(26,27)33(30,32-22-15-9-4-10-16-22)28-23(18-17-20-11-5-2-6-12-20)24(29)31-19-21-13-7-3-8-14-21/h2-16,23H,17-19H2,1H3,(H,28,30)/t23-,33?/m0/s1. The first-order valence-electron chi connectivity index (χ1n) is 10.5. The smallest absolute Gasteiger partial charge is 0.385 e. The molecule has 3 rings (SSSR count). The maximum absolute atomic E-state index is 14.5. The molecule has 0 aliphatic rings. The van der Waals surface area contributed by atoms with Crippen molar-refractivity contribution < 1.29 is 27.4 Å². The van der Waals surface area contributed by atoms with Crippen molar-refractivity contribution in [1.82, 2.24) is 5.09 Å². The van der Waals surface area contributed by atoms with Crippen LogP contribution in [0.2, 0.25) is 0 Å². The third kappa shape index (κ3) is 7.24. The predicted molar refractivity (Wildman–Crippen MR) is 123 cm³/mol. The maximum atomic E-state index is 14.5. The number of para-hydroxylation sites is 1. The van der Waals surface area contributed by atoms with Gasteiger partial charge in [0.15, 0.2) is 0 Å². The quantitative estimate of drug-likeness (QED) is 0.265. The highest BCUT2D eigenvalue weighted by atomic mass is 31.2. The molecule has 5 nitrogen and oxygen atoms in total. The second kappa shape index (κ2) is 11.2. The SMILES string of the molecule is CC(F)(F)P(=O)(N[C@@H](CCc1ccccc1)C(=O)OCc1ccccc1)Oc1ccccc1. The average molecular weight is 473 g/mol. The summed E-state index contributed by atoms with van der Waals surface area (Å²) >= 11 is 0. The lowest BCUT2D eigenvalue weighted by atomic mass is 10.1. The van der Waals surface area contributed by atoms with Crippen LogP contribution in [-0.4, -0.2) is 17.7 Å². The number of halogens is 2. The van der Waals surface area contributed by atoms with E-state index >= 15 is 0 Å². The minimum Gasteiger partial charge on any atom is -0.460 e. The fourth-order valence-corrected chi connectivity index (χ4v) is 4.58. The Bertz CT molecular complexity index is 1060. The normalized spacial score (nSPS) is 14.2. The minimum absolute atomic E-state index is 0.00863. The van der Waals surface area contributed by atoms with Crippen LogP contribution in [0, 0.1) is 0 Å². The fraction of sp³-hybridized carbons (Fsp3) is 0.240. The van der Waals surface area contributed by atoms with Gasteiger partial charge in [-0.05, 0) is 36.1 Å². The molecule has 0 heterocycles. The van der Waals surface area contributed by atoms with E-state index in [1.807, 2.05) is 36.4 Å². The molecule has 1 unspecified atom stereocenters. The monoisotopic (exact) mass is 473 g/mol. The Morgan fingerprint density at radius 1 is 0.909 bits per heavy atom. The number of hydrogen-bond donors (Lipinski definition) is 1. The summed E-state index contributed by atoms with van der Waals surface area (Å²) in [6.45, 7) is 0.475. The molecule has 0 saturated heterocycles. The van der Waals surface area contributed by atoms with Crippen molar-refractivity contribution in [3.63, 3.8) is 0 Å². The highest BCUT2D eigenvalue weighted by molar-refractivity contribution is 7.58. The van der Waals surface area contributed by atoms with Gasteiger partial charge >= 0.3 is 19.2 Å². The third-order valence-corrected chi connectivity index (χ3v) is 7.05. The number of nitrogens with one attached hydrogen (secondary N) is 1. The molecule has 3 aromatic rings. The molecule has 0 fully saturated rings. The molecule has 2 atom stereocenters. The van der Waals surface area contributed by atoms with Gasteiger partial charge in [0.25, 0.3) is 0 Å². The predicted octanol–water partition coefficient (Wildman–Crippen LogP) is 6.21. The van der Waals surface area contributed by atoms with Crippen LogP contribution >= 0.6 is 7.52 Å². The van der Waals surface area contributed by atoms with E-state index < -0.39 is 25.2 Å². The van der Waals surface area contributed by atoms with Gasteiger partial charge in [-0.3, -0.25) is 9.36 Å². The van der Waals surface area contributed by atoms with Gasteiger partial charge in [0.1, 0.15) is 18.4 Å². The Labute approximate surface area is 192 Å². The molecule has 8 heteroatoms. The van der Waals surface area contributed by atoms with E-state index in [4.69, 9.17) is 9.26 Å². The highest BCUT2D eigenvalue weighted by Gasteiger charge is 2.51. The summed E-state index contributed by atoms with van der Waals surface area (Å²) in [6, 6.07) is 24.7. The molecule has 3 aromatic carbocycles. The van der Waals surface area contributed by atoms with Crippen LogP contribution in [-0.2, 0) is 27.1 Å². The van der Waals surface area contributed by atoms with Crippen LogP contribution < -0.4 is 9.61 Å². The number of aryl methyl sites for hydroxylation is 1. The molecule has 0 bridgehead atoms. The second-order valence-corrected chi connectivity index (χ2v) is 9.93. The van der Waals surface area contributed by atoms with Crippen molar-refractivity contribution in [3.05, 3.63) is 102 Å². The summed E-state index contributed by atoms with van der Waals surface area (Å²) in [7, 11) is -4.84. The lowest BCUT2D eigenvalue weighted by Crippen LogP contribution is -2.41. The first kappa shape index (κ1) is 24.6. The van der Waals surface area contributed by atoms with Crippen molar-refractivity contribution in [1.29, 1.82) is 0 Å². The number of benzene rings is 3. The molecule has 174 valence electrons. The molecule has 0 aromatic heterocycles. The number of carbonyl (C=O) groups is 1. The number of carbonyl (C=O) groups excluding carboxylic acids is 1. The maximum Gasteiger partial charge on any atom is 0.385 e. The van der Waals surface area contributed by atoms with Gasteiger partial charge < -0.3 is 9.26 Å². The van der Waals surface area contributed by atoms with Gasteiger partial charge in [0.2, 0.25) is 0 Å². The Morgan fingerprint density at radius 2 is 1.42 bits per heavy atom. The zero-order valence-corrected chi connectivity index (χ0v) is 19.1. The van der Waals surface area contributed by atoms with Crippen molar-refractivity contribution >= 4 is 13.5 Å². The highest BCUT2D eigenvalue weighted by Crippen LogP contribution is 2.57. The van der Waals surface area contributed by atoms with Crippen LogP contribution in [0.15, 0.2) is 91.0 Å². The lowest BCUT2D eigenvalue weighted by Gasteiger charge is -2.29. The first-order chi connectivity index (χ1) is 15.8. The molecule has 0 radical (unpaired) electrons. The summed E-state index contributed by atoms with van der Waals surface area (Å²) in [5, 5.41) is 2.33. The lowest BCUT2D eigenvalue weighted by molar-refractivity contribution is -0.147. The number of rotatable bonds is 11. The summed E-state index contributed by atoms with van der Waals surface area (Å²) in [4.78, 5) is 12.9. The van der Waals surface area contributed by atoms with Gasteiger partial charge in [-0.25, -0.2) is 5.09 Å². The fourth-order valence-electron chi connectivity index (χ4n) is 3.07. The molecular formula is C25H26F2NO4P. The van der Waals surface area contributed by atoms with Crippen molar-refractivity contribution in [2.75, 3.05) is 0 Å². The number of ether oxygens (including phenoxy) is 1. The van der Waals surface area contributed by atoms with Crippen LogP contribution in [0.4, 0.5) is 8.78 Å². The van der Waals surface area contributed by atoms with Gasteiger partial charge in [-0.1, -0.05) is 78.9 Å². The number of hydrogen-bond acceptors (Lipinski definition) is 4. The molecule has 0 amide bonds. The van der Waals surface area contributed by atoms with Gasteiger partial charge in [0.05, 0.1) is 0 Å². The second-order valence-electron chi connectivity index (χ2n) is 7.60. The van der Waals surface area contributed by atoms with Gasteiger partial charge in [-0.2, -0.15) is 8.78 Å². The average Bonchev–Trinajstić information content (AvgIpc) is 2.81. The van der Waals surface area contributed by atoms with E-state index in [9.17, 15) is 18.1 Å². The van der Waals surface area contributed by atoms with Gasteiger partial charge in [-0.15, -0.1) is 0 Å². The van der Waals surface area contributed by atoms with Crippen LogP contribution in [0.5, 0.6) is 5.75 Å². The Hall–Kier alpha value is -3.02. The van der Waals surface area contributed by atoms with E-state index in [0.717, 1.165) is 11.1 Å². The third-order valence-electron chi connectivity index (χ3n) is 4.89. The Morgan fingerprint density at radius 3 is 1.97 bits per heavy atom. The van der Waals surface area contributed by atoms with Crippen molar-refractivity contribution in [2.45, 2.75) is 38.1 Å². The topological polar surface area (TPSA) is 64.6 Å². The molecule has 0 aliphatic carbocycles. The zero-order valence-electron chi connectivity index (χ0n) is 18.2. The van der Waals surface area contributed by atoms with Crippen LogP contribution in [0.25, 0.3) is 0 Å². The molecular weight excluding hydrogens is 447 g/mol. The first-order valence-corrected chi connectivity index (χ1v) is 12.1. The number of esters is 1. The van der Waals surface area contributed by atoms with Crippen LogP contribution in [0.1, 0.15) is 24.5 Å². The molecule has 0 spiro atoms. The van der Waals surface area contributed by atoms with E-state index in [1.165, 1.54) is 12.1 Å². The largest absolute Gasteiger partial charge is 0.460 e. The Kier molecular flexibility index (Phi) is 8.37. The molecule has 1 N–H and O–H groups in total. The van der Waals surface area contributed by atoms with E-state index in [1.54, 1.807) is 42.5 Å². The zero-order chi connectivity index (χ0) is 23.7. The molecule has 33 heavy (non-hydrogen) atoms. The summed E-state index contributed by atoms with van der Waals surface area (Å²) in [5.41, 5.74) is -2.09. The van der Waals surface area contributed by atoms with E-state index in [2.05, 4.69) is 5.09 Å². The van der Waals surface area contributed by atoms with Crippen molar-refractivity contribution in [3.8, 4) is 5.75 Å². The van der Waals surface area contributed by atoms with Crippen LogP contribution in [0.3, 0.4) is 0 Å². The molecule has 0 aliphatic heterocycles. The molecule has 0 saturated carbocycles. The van der Waals surface area contributed by atoms with E-state index in [0.29, 0.717) is 13.3 Å². The minimum atomic E-state index is -4.84. The van der Waals surface area contributed by atoms with E-state index in [-0.39, 0.29) is 18.8 Å². The Balaban J connectivity index is 1.80. The van der Waals surface area contributed by atoms with Crippen molar-refractivity contribution in [2.24, 2.45) is 0 Å².